The van der Waals surface area contributed by atoms with Crippen LogP contribution in [0.5, 0.6) is 5.75 Å². The van der Waals surface area contributed by atoms with Crippen molar-refractivity contribution in [3.05, 3.63) is 65.5 Å². The van der Waals surface area contributed by atoms with Crippen LogP contribution in [-0.2, 0) is 17.9 Å². The lowest BCUT2D eigenvalue weighted by Crippen LogP contribution is -2.23. The van der Waals surface area contributed by atoms with E-state index in [1.165, 1.54) is 12.1 Å². The van der Waals surface area contributed by atoms with Gasteiger partial charge >= 0.3 is 5.97 Å². The largest absolute Gasteiger partial charge is 0.489 e. The van der Waals surface area contributed by atoms with Gasteiger partial charge in [0.1, 0.15) is 18.2 Å². The number of ether oxygens (including phenoxy) is 1. The number of nitrogens with zero attached hydrogens (tertiary/aromatic N) is 1. The van der Waals surface area contributed by atoms with E-state index in [2.05, 4.69) is 4.90 Å². The van der Waals surface area contributed by atoms with E-state index in [1.807, 2.05) is 31.2 Å². The molecule has 132 valence electrons. The van der Waals surface area contributed by atoms with Crippen molar-refractivity contribution in [2.75, 3.05) is 13.1 Å². The van der Waals surface area contributed by atoms with Crippen LogP contribution in [-0.4, -0.2) is 29.1 Å². The van der Waals surface area contributed by atoms with Crippen LogP contribution in [0.2, 0.25) is 0 Å². The maximum absolute atomic E-state index is 12.9. The van der Waals surface area contributed by atoms with E-state index < -0.39 is 5.97 Å². The molecule has 0 bridgehead atoms. The number of halogens is 1. The number of hydrogen-bond acceptors (Lipinski definition) is 3. The number of aliphatic carboxylic acids is 1. The predicted octanol–water partition coefficient (Wildman–Crippen LogP) is 3.56. The van der Waals surface area contributed by atoms with Gasteiger partial charge in [-0.05, 0) is 41.3 Å². The van der Waals surface area contributed by atoms with Gasteiger partial charge in [-0.1, -0.05) is 31.2 Å². The summed E-state index contributed by atoms with van der Waals surface area (Å²) in [5.74, 6) is -0.311. The highest BCUT2D eigenvalue weighted by Crippen LogP contribution is 2.25. The number of carboxylic acids is 1. The SMILES string of the molecule is C[C@@H]1CN(Cc2ccc(OCc3ccc(F)cc3)cc2)C[C@H]1C(=O)O. The molecule has 1 aliphatic heterocycles. The van der Waals surface area contributed by atoms with Gasteiger partial charge in [0, 0.05) is 19.6 Å². The second-order valence-corrected chi connectivity index (χ2v) is 6.68. The molecule has 2 aromatic rings. The van der Waals surface area contributed by atoms with Gasteiger partial charge in [-0.15, -0.1) is 0 Å². The van der Waals surface area contributed by atoms with Crippen molar-refractivity contribution >= 4 is 5.97 Å². The quantitative estimate of drug-likeness (QED) is 0.871. The summed E-state index contributed by atoms with van der Waals surface area (Å²) in [5, 5.41) is 9.21. The topological polar surface area (TPSA) is 49.8 Å². The second kappa shape index (κ2) is 7.66. The number of carboxylic acid groups (broad SMARTS) is 1. The summed E-state index contributed by atoms with van der Waals surface area (Å²) < 4.78 is 18.6. The maximum Gasteiger partial charge on any atom is 0.308 e. The Hall–Kier alpha value is -2.40. The third kappa shape index (κ3) is 4.57. The Labute approximate surface area is 146 Å². The highest BCUT2D eigenvalue weighted by atomic mass is 19.1. The standard InChI is InChI=1S/C20H22FNO3/c1-14-10-22(12-19(14)20(23)24)11-15-4-8-18(9-5-15)25-13-16-2-6-17(21)7-3-16/h2-9,14,19H,10-13H2,1H3,(H,23,24)/t14-,19-/m1/s1. The van der Waals surface area contributed by atoms with Gasteiger partial charge in [0.15, 0.2) is 0 Å². The van der Waals surface area contributed by atoms with E-state index in [0.29, 0.717) is 13.2 Å². The van der Waals surface area contributed by atoms with E-state index in [0.717, 1.165) is 30.0 Å². The van der Waals surface area contributed by atoms with Crippen LogP contribution in [0.3, 0.4) is 0 Å². The van der Waals surface area contributed by atoms with Crippen molar-refractivity contribution < 1.29 is 19.0 Å². The Bertz CT molecular complexity index is 715. The number of carbonyl (C=O) groups is 1. The van der Waals surface area contributed by atoms with Crippen LogP contribution in [0, 0.1) is 17.7 Å². The lowest BCUT2D eigenvalue weighted by atomic mass is 9.99. The van der Waals surface area contributed by atoms with E-state index in [4.69, 9.17) is 4.74 Å². The van der Waals surface area contributed by atoms with Gasteiger partial charge < -0.3 is 9.84 Å². The first-order chi connectivity index (χ1) is 12.0. The summed E-state index contributed by atoms with van der Waals surface area (Å²) in [5.41, 5.74) is 2.05. The molecule has 3 rings (SSSR count). The molecule has 0 spiro atoms. The molecule has 1 heterocycles. The van der Waals surface area contributed by atoms with E-state index >= 15 is 0 Å². The molecule has 4 nitrogen and oxygen atoms in total. The fraction of sp³-hybridized carbons (Fsp3) is 0.350. The minimum absolute atomic E-state index is 0.177. The molecule has 25 heavy (non-hydrogen) atoms. The molecular weight excluding hydrogens is 321 g/mol. The summed E-state index contributed by atoms with van der Waals surface area (Å²) in [4.78, 5) is 13.4. The van der Waals surface area contributed by atoms with Gasteiger partial charge in [0.25, 0.3) is 0 Å². The Morgan fingerprint density at radius 3 is 2.36 bits per heavy atom. The number of benzene rings is 2. The third-order valence-corrected chi connectivity index (χ3v) is 4.65. The molecule has 2 aromatic carbocycles. The minimum atomic E-state index is -0.709. The van der Waals surface area contributed by atoms with E-state index in [1.54, 1.807) is 12.1 Å². The zero-order chi connectivity index (χ0) is 17.8. The first-order valence-corrected chi connectivity index (χ1v) is 8.42. The van der Waals surface area contributed by atoms with Gasteiger partial charge in [-0.2, -0.15) is 0 Å². The summed E-state index contributed by atoms with van der Waals surface area (Å²) in [7, 11) is 0. The first kappa shape index (κ1) is 17.4. The monoisotopic (exact) mass is 343 g/mol. The normalized spacial score (nSPS) is 20.6. The molecule has 2 atom stereocenters. The number of rotatable bonds is 6. The molecule has 0 aromatic heterocycles. The Morgan fingerprint density at radius 1 is 1.12 bits per heavy atom. The van der Waals surface area contributed by atoms with Crippen molar-refractivity contribution in [2.24, 2.45) is 11.8 Å². The minimum Gasteiger partial charge on any atom is -0.489 e. The van der Waals surface area contributed by atoms with Crippen LogP contribution < -0.4 is 4.74 Å². The van der Waals surface area contributed by atoms with Gasteiger partial charge in [0.05, 0.1) is 5.92 Å². The molecule has 1 N–H and O–H groups in total. The smallest absolute Gasteiger partial charge is 0.308 e. The van der Waals surface area contributed by atoms with E-state index in [-0.39, 0.29) is 17.7 Å². The van der Waals surface area contributed by atoms with Crippen molar-refractivity contribution in [1.82, 2.24) is 4.90 Å². The Balaban J connectivity index is 1.52. The third-order valence-electron chi connectivity index (χ3n) is 4.65. The fourth-order valence-corrected chi connectivity index (χ4v) is 3.21. The Kier molecular flexibility index (Phi) is 5.34. The summed E-state index contributed by atoms with van der Waals surface area (Å²) in [6, 6.07) is 14.1. The zero-order valence-electron chi connectivity index (χ0n) is 14.2. The Morgan fingerprint density at radius 2 is 1.76 bits per heavy atom. The van der Waals surface area contributed by atoms with Crippen LogP contribution in [0.4, 0.5) is 4.39 Å². The lowest BCUT2D eigenvalue weighted by molar-refractivity contribution is -0.142. The highest BCUT2D eigenvalue weighted by Gasteiger charge is 2.34. The second-order valence-electron chi connectivity index (χ2n) is 6.68. The van der Waals surface area contributed by atoms with E-state index in [9.17, 15) is 14.3 Å². The molecule has 0 unspecified atom stereocenters. The molecule has 0 radical (unpaired) electrons. The van der Waals surface area contributed by atoms with Gasteiger partial charge in [-0.3, -0.25) is 9.69 Å². The fourth-order valence-electron chi connectivity index (χ4n) is 3.21. The molecule has 0 aliphatic carbocycles. The molecule has 0 saturated carbocycles. The van der Waals surface area contributed by atoms with Crippen molar-refractivity contribution in [2.45, 2.75) is 20.1 Å². The lowest BCUT2D eigenvalue weighted by Gasteiger charge is -2.15. The average Bonchev–Trinajstić information content (AvgIpc) is 2.96. The first-order valence-electron chi connectivity index (χ1n) is 8.42. The van der Waals surface area contributed by atoms with Crippen LogP contribution in [0.15, 0.2) is 48.5 Å². The molecule has 1 fully saturated rings. The maximum atomic E-state index is 12.9. The van der Waals surface area contributed by atoms with Crippen molar-refractivity contribution in [1.29, 1.82) is 0 Å². The summed E-state index contributed by atoms with van der Waals surface area (Å²) in [6.45, 7) is 4.53. The summed E-state index contributed by atoms with van der Waals surface area (Å²) in [6.07, 6.45) is 0. The van der Waals surface area contributed by atoms with Crippen LogP contribution in [0.1, 0.15) is 18.1 Å². The van der Waals surface area contributed by atoms with Gasteiger partial charge in [0.2, 0.25) is 0 Å². The molecule has 1 aliphatic rings. The number of likely N-dealkylation sites (tertiary alicyclic amines) is 1. The predicted molar refractivity (Wildman–Crippen MR) is 92.7 cm³/mol. The number of hydrogen-bond donors (Lipinski definition) is 1. The molecular formula is C20H22FNO3. The zero-order valence-corrected chi connectivity index (χ0v) is 14.2. The van der Waals surface area contributed by atoms with Crippen LogP contribution >= 0.6 is 0 Å². The molecule has 0 amide bonds. The van der Waals surface area contributed by atoms with Gasteiger partial charge in [-0.25, -0.2) is 4.39 Å². The molecule has 5 heteroatoms. The summed E-state index contributed by atoms with van der Waals surface area (Å²) >= 11 is 0. The van der Waals surface area contributed by atoms with Crippen molar-refractivity contribution in [3.63, 3.8) is 0 Å². The average molecular weight is 343 g/mol. The van der Waals surface area contributed by atoms with Crippen LogP contribution in [0.25, 0.3) is 0 Å². The highest BCUT2D eigenvalue weighted by molar-refractivity contribution is 5.71. The molecule has 1 saturated heterocycles. The van der Waals surface area contributed by atoms with Crippen molar-refractivity contribution in [3.8, 4) is 5.75 Å².